The number of fused-ring (bicyclic) bond motifs is 1. The second-order valence-electron chi connectivity index (χ2n) is 5.83. The quantitative estimate of drug-likeness (QED) is 0.770. The number of carbonyl (C=O) groups excluding carboxylic acids is 2. The molecule has 0 saturated carbocycles. The fourth-order valence-corrected chi connectivity index (χ4v) is 3.77. The zero-order chi connectivity index (χ0) is 15.2. The number of carbonyl (C=O) groups is 2. The fraction of sp³-hybridized carbons (Fsp3) is 0.857. The zero-order valence-corrected chi connectivity index (χ0v) is 13.3. The van der Waals surface area contributed by atoms with Crippen molar-refractivity contribution in [3.63, 3.8) is 0 Å². The van der Waals surface area contributed by atoms with Crippen LogP contribution in [-0.4, -0.2) is 77.1 Å². The molecule has 2 aliphatic heterocycles. The smallest absolute Gasteiger partial charge is 0.321 e. The standard InChI is InChI=1S/C14H26N4O2/c1-7-17-10(4)11-9(3)15(5)13(19)18(8-2)12(11)16(6)14(17)20/h9-12H,7-8H2,1-6H3/t9-,10-,11-,12-/m0/s1. The van der Waals surface area contributed by atoms with Crippen LogP contribution in [0.15, 0.2) is 0 Å². The Morgan fingerprint density at radius 2 is 1.35 bits per heavy atom. The zero-order valence-electron chi connectivity index (χ0n) is 13.3. The average molecular weight is 282 g/mol. The van der Waals surface area contributed by atoms with Crippen molar-refractivity contribution in [3.05, 3.63) is 0 Å². The monoisotopic (exact) mass is 282 g/mol. The minimum atomic E-state index is -0.135. The number of rotatable bonds is 2. The van der Waals surface area contributed by atoms with Gasteiger partial charge >= 0.3 is 12.1 Å². The van der Waals surface area contributed by atoms with Crippen LogP contribution in [0.2, 0.25) is 0 Å². The molecule has 2 heterocycles. The second-order valence-corrected chi connectivity index (χ2v) is 5.83. The molecule has 20 heavy (non-hydrogen) atoms. The predicted molar refractivity (Wildman–Crippen MR) is 77.3 cm³/mol. The summed E-state index contributed by atoms with van der Waals surface area (Å²) < 4.78 is 0. The maximum absolute atomic E-state index is 12.5. The van der Waals surface area contributed by atoms with Gasteiger partial charge in [-0.2, -0.15) is 0 Å². The molecule has 2 saturated heterocycles. The van der Waals surface area contributed by atoms with Gasteiger partial charge in [0.2, 0.25) is 0 Å². The van der Waals surface area contributed by atoms with E-state index in [1.807, 2.05) is 37.7 Å². The summed E-state index contributed by atoms with van der Waals surface area (Å²) in [6.45, 7) is 9.46. The molecule has 0 unspecified atom stereocenters. The van der Waals surface area contributed by atoms with Gasteiger partial charge in [0, 0.05) is 45.2 Å². The number of urea groups is 2. The van der Waals surface area contributed by atoms with Gasteiger partial charge in [-0.25, -0.2) is 9.59 Å². The minimum absolute atomic E-state index is 0.0121. The highest BCUT2D eigenvalue weighted by Crippen LogP contribution is 2.36. The highest BCUT2D eigenvalue weighted by atomic mass is 16.2. The summed E-state index contributed by atoms with van der Waals surface area (Å²) in [6, 6.07) is 0.283. The molecule has 2 rings (SSSR count). The van der Waals surface area contributed by atoms with Crippen LogP contribution in [0, 0.1) is 5.92 Å². The summed E-state index contributed by atoms with van der Waals surface area (Å²) in [5.41, 5.74) is 0. The fourth-order valence-electron chi connectivity index (χ4n) is 3.77. The van der Waals surface area contributed by atoms with Gasteiger partial charge in [-0.05, 0) is 27.7 Å². The van der Waals surface area contributed by atoms with Gasteiger partial charge in [0.05, 0.1) is 0 Å². The molecule has 0 aromatic heterocycles. The molecule has 2 aliphatic rings. The Morgan fingerprint density at radius 1 is 0.850 bits per heavy atom. The summed E-state index contributed by atoms with van der Waals surface area (Å²) in [5, 5.41) is 0. The molecule has 0 aromatic rings. The van der Waals surface area contributed by atoms with Crippen LogP contribution in [-0.2, 0) is 0 Å². The van der Waals surface area contributed by atoms with E-state index in [0.717, 1.165) is 0 Å². The molecule has 0 N–H and O–H groups in total. The number of nitrogens with zero attached hydrogens (tertiary/aromatic N) is 4. The molecule has 2 fully saturated rings. The summed E-state index contributed by atoms with van der Waals surface area (Å²) >= 11 is 0. The Balaban J connectivity index is 2.45. The topological polar surface area (TPSA) is 47.1 Å². The van der Waals surface area contributed by atoms with E-state index >= 15 is 0 Å². The highest BCUT2D eigenvalue weighted by molar-refractivity contribution is 5.80. The summed E-state index contributed by atoms with van der Waals surface area (Å²) in [4.78, 5) is 32.2. The van der Waals surface area contributed by atoms with Crippen LogP contribution in [0.4, 0.5) is 9.59 Å². The SMILES string of the molecule is CCN1C(=O)N(C)[C@@H]2[C@@H]([C@H](C)N(C)C(=O)N2CC)[C@@H]1C. The van der Waals surface area contributed by atoms with Crippen molar-refractivity contribution in [1.82, 2.24) is 19.6 Å². The van der Waals surface area contributed by atoms with E-state index in [4.69, 9.17) is 0 Å². The Labute approximate surface area is 121 Å². The molecule has 6 nitrogen and oxygen atoms in total. The van der Waals surface area contributed by atoms with Crippen LogP contribution in [0.25, 0.3) is 0 Å². The van der Waals surface area contributed by atoms with Gasteiger partial charge in [-0.15, -0.1) is 0 Å². The molecule has 0 bridgehead atoms. The maximum Gasteiger partial charge on any atom is 0.321 e. The largest absolute Gasteiger partial charge is 0.324 e. The normalized spacial score (nSPS) is 34.7. The summed E-state index contributed by atoms with van der Waals surface area (Å²) in [7, 11) is 3.66. The molecular weight excluding hydrogens is 256 g/mol. The third-order valence-corrected chi connectivity index (χ3v) is 5.05. The van der Waals surface area contributed by atoms with E-state index < -0.39 is 0 Å². The molecule has 0 spiro atoms. The Bertz CT molecular complexity index is 414. The first-order chi connectivity index (χ1) is 9.36. The molecule has 0 aromatic carbocycles. The second kappa shape index (κ2) is 5.14. The average Bonchev–Trinajstić information content (AvgIpc) is 2.42. The van der Waals surface area contributed by atoms with Crippen LogP contribution in [0.5, 0.6) is 0 Å². The molecule has 114 valence electrons. The van der Waals surface area contributed by atoms with Crippen molar-refractivity contribution in [1.29, 1.82) is 0 Å². The lowest BCUT2D eigenvalue weighted by molar-refractivity contribution is -0.0704. The van der Waals surface area contributed by atoms with Gasteiger partial charge < -0.3 is 19.6 Å². The Morgan fingerprint density at radius 3 is 1.85 bits per heavy atom. The predicted octanol–water partition coefficient (Wildman–Crippen LogP) is 1.48. The van der Waals surface area contributed by atoms with E-state index in [0.29, 0.717) is 13.1 Å². The third-order valence-electron chi connectivity index (χ3n) is 5.05. The van der Waals surface area contributed by atoms with Gasteiger partial charge in [-0.1, -0.05) is 0 Å². The first-order valence-corrected chi connectivity index (χ1v) is 7.43. The van der Waals surface area contributed by atoms with Gasteiger partial charge in [0.15, 0.2) is 0 Å². The van der Waals surface area contributed by atoms with E-state index in [-0.39, 0.29) is 36.2 Å². The van der Waals surface area contributed by atoms with Crippen molar-refractivity contribution in [2.75, 3.05) is 27.2 Å². The first kappa shape index (κ1) is 14.9. The third kappa shape index (κ3) is 1.84. The van der Waals surface area contributed by atoms with E-state index in [9.17, 15) is 9.59 Å². The van der Waals surface area contributed by atoms with E-state index in [1.165, 1.54) is 0 Å². The van der Waals surface area contributed by atoms with Crippen LogP contribution >= 0.6 is 0 Å². The first-order valence-electron chi connectivity index (χ1n) is 7.43. The van der Waals surface area contributed by atoms with Crippen LogP contribution in [0.1, 0.15) is 27.7 Å². The molecule has 6 heteroatoms. The number of hydrogen-bond acceptors (Lipinski definition) is 2. The lowest BCUT2D eigenvalue weighted by atomic mass is 9.83. The van der Waals surface area contributed by atoms with Crippen molar-refractivity contribution in [2.45, 2.75) is 45.9 Å². The number of amides is 4. The van der Waals surface area contributed by atoms with Crippen molar-refractivity contribution >= 4 is 12.1 Å². The van der Waals surface area contributed by atoms with Gasteiger partial charge in [0.1, 0.15) is 6.17 Å². The van der Waals surface area contributed by atoms with E-state index in [1.54, 1.807) is 9.80 Å². The van der Waals surface area contributed by atoms with Crippen molar-refractivity contribution < 1.29 is 9.59 Å². The molecule has 0 radical (unpaired) electrons. The Hall–Kier alpha value is -1.46. The minimum Gasteiger partial charge on any atom is -0.324 e. The Kier molecular flexibility index (Phi) is 3.84. The van der Waals surface area contributed by atoms with Gasteiger partial charge in [0.25, 0.3) is 0 Å². The molecule has 4 atom stereocenters. The van der Waals surface area contributed by atoms with Crippen molar-refractivity contribution in [3.8, 4) is 0 Å². The van der Waals surface area contributed by atoms with Gasteiger partial charge in [-0.3, -0.25) is 0 Å². The summed E-state index contributed by atoms with van der Waals surface area (Å²) in [6.07, 6.45) is -0.135. The summed E-state index contributed by atoms with van der Waals surface area (Å²) in [5.74, 6) is 0.236. The maximum atomic E-state index is 12.5. The lowest BCUT2D eigenvalue weighted by Gasteiger charge is -2.58. The van der Waals surface area contributed by atoms with Crippen LogP contribution in [0.3, 0.4) is 0 Å². The van der Waals surface area contributed by atoms with E-state index in [2.05, 4.69) is 13.8 Å². The number of hydrogen-bond donors (Lipinski definition) is 0. The van der Waals surface area contributed by atoms with Crippen molar-refractivity contribution in [2.24, 2.45) is 5.92 Å². The molecule has 0 aliphatic carbocycles. The lowest BCUT2D eigenvalue weighted by Crippen LogP contribution is -2.74. The molecule has 4 amide bonds. The van der Waals surface area contributed by atoms with Crippen LogP contribution < -0.4 is 0 Å². The molecular formula is C14H26N4O2. The highest BCUT2D eigenvalue weighted by Gasteiger charge is 2.53.